The number of benzene rings is 3. The van der Waals surface area contributed by atoms with Crippen molar-refractivity contribution in [3.8, 4) is 5.75 Å². The van der Waals surface area contributed by atoms with Gasteiger partial charge in [0.15, 0.2) is 0 Å². The zero-order valence-electron chi connectivity index (χ0n) is 12.1. The second kappa shape index (κ2) is 5.44. The molecule has 0 aliphatic rings. The van der Waals surface area contributed by atoms with Crippen molar-refractivity contribution in [3.63, 3.8) is 0 Å². The molecule has 21 heavy (non-hydrogen) atoms. The molecular formula is C18H17NO2. The van der Waals surface area contributed by atoms with E-state index in [4.69, 9.17) is 4.74 Å². The minimum atomic E-state index is -0.0315. The van der Waals surface area contributed by atoms with Gasteiger partial charge >= 0.3 is 0 Å². The van der Waals surface area contributed by atoms with Gasteiger partial charge in [0.2, 0.25) is 0 Å². The highest BCUT2D eigenvalue weighted by Gasteiger charge is 2.10. The predicted molar refractivity (Wildman–Crippen MR) is 86.0 cm³/mol. The van der Waals surface area contributed by atoms with Crippen molar-refractivity contribution in [2.24, 2.45) is 0 Å². The molecule has 0 aliphatic carbocycles. The third kappa shape index (κ3) is 2.42. The summed E-state index contributed by atoms with van der Waals surface area (Å²) >= 11 is 0. The number of hydrogen-bond donors (Lipinski definition) is 1. The van der Waals surface area contributed by atoms with E-state index in [9.17, 15) is 4.79 Å². The van der Waals surface area contributed by atoms with Crippen LogP contribution in [0, 0.1) is 0 Å². The lowest BCUT2D eigenvalue weighted by Crippen LogP contribution is -2.22. The number of hydrogen-bond acceptors (Lipinski definition) is 2. The quantitative estimate of drug-likeness (QED) is 0.741. The van der Waals surface area contributed by atoms with E-state index in [0.717, 1.165) is 27.3 Å². The number of amides is 1. The number of rotatable bonds is 3. The Labute approximate surface area is 123 Å². The largest absolute Gasteiger partial charge is 0.497 e. The molecule has 0 spiro atoms. The monoisotopic (exact) mass is 279 g/mol. The fraction of sp³-hybridized carbons (Fsp3) is 0.167. The smallest absolute Gasteiger partial charge is 0.251 e. The van der Waals surface area contributed by atoms with E-state index < -0.39 is 0 Å². The molecule has 0 aromatic heterocycles. The molecular weight excluding hydrogens is 262 g/mol. The molecule has 106 valence electrons. The summed E-state index contributed by atoms with van der Waals surface area (Å²) in [4.78, 5) is 12.2. The molecule has 0 saturated heterocycles. The average molecular weight is 279 g/mol. The third-order valence-corrected chi connectivity index (χ3v) is 3.63. The van der Waals surface area contributed by atoms with Crippen molar-refractivity contribution in [1.29, 1.82) is 0 Å². The Kier molecular flexibility index (Phi) is 3.48. The minimum Gasteiger partial charge on any atom is -0.497 e. The maximum atomic E-state index is 12.2. The predicted octanol–water partition coefficient (Wildman–Crippen LogP) is 3.75. The van der Waals surface area contributed by atoms with Gasteiger partial charge in [0, 0.05) is 12.1 Å². The van der Waals surface area contributed by atoms with Crippen LogP contribution in [0.2, 0.25) is 0 Å². The van der Waals surface area contributed by atoms with Crippen molar-refractivity contribution in [2.75, 3.05) is 13.7 Å². The van der Waals surface area contributed by atoms with Gasteiger partial charge in [-0.2, -0.15) is 0 Å². The molecule has 3 aromatic rings. The van der Waals surface area contributed by atoms with Gasteiger partial charge < -0.3 is 10.1 Å². The standard InChI is InChI=1S/C18H17NO2/c1-3-19-18(20)16-6-4-5-13-9-14-10-15(21-2)8-7-12(14)11-17(13)16/h4-11H,3H2,1-2H3,(H,19,20). The zero-order valence-corrected chi connectivity index (χ0v) is 12.1. The Morgan fingerprint density at radius 2 is 1.90 bits per heavy atom. The first-order chi connectivity index (χ1) is 10.2. The van der Waals surface area contributed by atoms with Crippen LogP contribution in [-0.4, -0.2) is 19.6 Å². The third-order valence-electron chi connectivity index (χ3n) is 3.63. The second-order valence-corrected chi connectivity index (χ2v) is 4.95. The van der Waals surface area contributed by atoms with Gasteiger partial charge in [0.1, 0.15) is 5.75 Å². The van der Waals surface area contributed by atoms with Crippen LogP contribution < -0.4 is 10.1 Å². The molecule has 0 bridgehead atoms. The van der Waals surface area contributed by atoms with E-state index in [0.29, 0.717) is 12.1 Å². The zero-order chi connectivity index (χ0) is 14.8. The first-order valence-corrected chi connectivity index (χ1v) is 7.01. The lowest BCUT2D eigenvalue weighted by molar-refractivity contribution is 0.0957. The fourth-order valence-electron chi connectivity index (χ4n) is 2.58. The van der Waals surface area contributed by atoms with Gasteiger partial charge in [0.05, 0.1) is 7.11 Å². The van der Waals surface area contributed by atoms with Gasteiger partial charge in [-0.15, -0.1) is 0 Å². The van der Waals surface area contributed by atoms with Gasteiger partial charge in [0.25, 0.3) is 5.91 Å². The van der Waals surface area contributed by atoms with Crippen LogP contribution in [0.5, 0.6) is 5.75 Å². The van der Waals surface area contributed by atoms with Gasteiger partial charge in [-0.3, -0.25) is 4.79 Å². The number of carbonyl (C=O) groups is 1. The molecule has 1 amide bonds. The van der Waals surface area contributed by atoms with Crippen LogP contribution in [0.25, 0.3) is 21.5 Å². The summed E-state index contributed by atoms with van der Waals surface area (Å²) in [6.07, 6.45) is 0. The lowest BCUT2D eigenvalue weighted by Gasteiger charge is -2.09. The normalized spacial score (nSPS) is 10.8. The van der Waals surface area contributed by atoms with Crippen LogP contribution in [0.3, 0.4) is 0 Å². The van der Waals surface area contributed by atoms with Gasteiger partial charge in [-0.05, 0) is 58.8 Å². The molecule has 0 unspecified atom stereocenters. The van der Waals surface area contributed by atoms with Crippen molar-refractivity contribution in [2.45, 2.75) is 6.92 Å². The summed E-state index contributed by atoms with van der Waals surface area (Å²) in [5, 5.41) is 7.09. The number of methoxy groups -OCH3 is 1. The molecule has 1 N–H and O–H groups in total. The molecule has 0 aliphatic heterocycles. The summed E-state index contributed by atoms with van der Waals surface area (Å²) in [5.41, 5.74) is 0.715. The summed E-state index contributed by atoms with van der Waals surface area (Å²) in [6.45, 7) is 2.55. The number of nitrogens with one attached hydrogen (secondary N) is 1. The molecule has 0 saturated carbocycles. The molecule has 0 radical (unpaired) electrons. The SMILES string of the molecule is CCNC(=O)c1cccc2cc3cc(OC)ccc3cc12. The number of ether oxygens (including phenoxy) is 1. The molecule has 3 rings (SSSR count). The molecule has 3 nitrogen and oxygen atoms in total. The molecule has 3 aromatic carbocycles. The Morgan fingerprint density at radius 1 is 1.05 bits per heavy atom. The van der Waals surface area contributed by atoms with E-state index in [1.54, 1.807) is 7.11 Å². The first-order valence-electron chi connectivity index (χ1n) is 7.01. The van der Waals surface area contributed by atoms with E-state index >= 15 is 0 Å². The fourth-order valence-corrected chi connectivity index (χ4v) is 2.58. The summed E-state index contributed by atoms with van der Waals surface area (Å²) in [5.74, 6) is 0.803. The molecule has 0 atom stereocenters. The minimum absolute atomic E-state index is 0.0315. The number of carbonyl (C=O) groups excluding carboxylic acids is 1. The van der Waals surface area contributed by atoms with E-state index in [1.165, 1.54) is 0 Å². The topological polar surface area (TPSA) is 38.3 Å². The summed E-state index contributed by atoms with van der Waals surface area (Å²) < 4.78 is 5.26. The first kappa shape index (κ1) is 13.4. The van der Waals surface area contributed by atoms with Crippen molar-refractivity contribution in [1.82, 2.24) is 5.32 Å². The van der Waals surface area contributed by atoms with Crippen LogP contribution in [0.4, 0.5) is 0 Å². The van der Waals surface area contributed by atoms with Crippen LogP contribution in [0.15, 0.2) is 48.5 Å². The Morgan fingerprint density at radius 3 is 2.67 bits per heavy atom. The average Bonchev–Trinajstić information content (AvgIpc) is 2.52. The Balaban J connectivity index is 2.24. The summed E-state index contributed by atoms with van der Waals surface area (Å²) in [7, 11) is 1.66. The van der Waals surface area contributed by atoms with Crippen LogP contribution in [-0.2, 0) is 0 Å². The Hall–Kier alpha value is -2.55. The second-order valence-electron chi connectivity index (χ2n) is 4.95. The van der Waals surface area contributed by atoms with E-state index in [-0.39, 0.29) is 5.91 Å². The maximum Gasteiger partial charge on any atom is 0.251 e. The van der Waals surface area contributed by atoms with Crippen LogP contribution >= 0.6 is 0 Å². The maximum absolute atomic E-state index is 12.2. The van der Waals surface area contributed by atoms with E-state index in [2.05, 4.69) is 17.4 Å². The highest BCUT2D eigenvalue weighted by molar-refractivity contribution is 6.10. The Bertz CT molecular complexity index is 824. The van der Waals surface area contributed by atoms with Gasteiger partial charge in [-0.1, -0.05) is 18.2 Å². The van der Waals surface area contributed by atoms with Crippen molar-refractivity contribution in [3.05, 3.63) is 54.1 Å². The lowest BCUT2D eigenvalue weighted by atomic mass is 9.99. The van der Waals surface area contributed by atoms with E-state index in [1.807, 2.05) is 43.3 Å². The summed E-state index contributed by atoms with van der Waals surface area (Å²) in [6, 6.07) is 15.9. The molecule has 3 heteroatoms. The van der Waals surface area contributed by atoms with Crippen molar-refractivity contribution >= 4 is 27.5 Å². The highest BCUT2D eigenvalue weighted by atomic mass is 16.5. The number of fused-ring (bicyclic) bond motifs is 2. The van der Waals surface area contributed by atoms with Gasteiger partial charge in [-0.25, -0.2) is 0 Å². The van der Waals surface area contributed by atoms with Crippen molar-refractivity contribution < 1.29 is 9.53 Å². The molecule has 0 heterocycles. The van der Waals surface area contributed by atoms with Crippen LogP contribution in [0.1, 0.15) is 17.3 Å². The molecule has 0 fully saturated rings. The highest BCUT2D eigenvalue weighted by Crippen LogP contribution is 2.28.